The molecule has 2 aromatic heterocycles. The number of pyridine rings is 2. The Morgan fingerprint density at radius 2 is 2.09 bits per heavy atom. The Balaban J connectivity index is 1.53. The number of halogens is 3. The van der Waals surface area contributed by atoms with E-state index >= 15 is 0 Å². The van der Waals surface area contributed by atoms with Crippen molar-refractivity contribution in [2.24, 2.45) is 0 Å². The Morgan fingerprint density at radius 1 is 1.29 bits per heavy atom. The molecule has 4 heterocycles. The number of ketones is 1. The number of aliphatic hydroxyl groups is 2. The maximum absolute atomic E-state index is 13.2. The monoisotopic (exact) mass is 495 g/mol. The quantitative estimate of drug-likeness (QED) is 0.477. The van der Waals surface area contributed by atoms with Gasteiger partial charge in [0.05, 0.1) is 24.8 Å². The van der Waals surface area contributed by atoms with Gasteiger partial charge in [-0.2, -0.15) is 13.2 Å². The molecule has 3 N–H and O–H groups in total. The number of rotatable bonds is 8. The van der Waals surface area contributed by atoms with E-state index < -0.39 is 43.5 Å². The molecule has 0 aromatic carbocycles. The summed E-state index contributed by atoms with van der Waals surface area (Å²) in [7, 11) is 0. The number of aliphatic hydroxyl groups excluding tert-OH is 2. The second-order valence-electron chi connectivity index (χ2n) is 8.29. The van der Waals surface area contributed by atoms with Crippen LogP contribution in [0.5, 0.6) is 5.75 Å². The van der Waals surface area contributed by atoms with E-state index in [1.807, 2.05) is 4.90 Å². The highest BCUT2D eigenvalue weighted by Gasteiger charge is 2.40. The first-order chi connectivity index (χ1) is 16.6. The Hall–Kier alpha value is -3.45. The first-order valence-electron chi connectivity index (χ1n) is 11.0. The molecule has 1 saturated heterocycles. The van der Waals surface area contributed by atoms with Gasteiger partial charge in [0.1, 0.15) is 30.0 Å². The van der Waals surface area contributed by atoms with E-state index in [2.05, 4.69) is 15.3 Å². The third-order valence-corrected chi connectivity index (χ3v) is 5.71. The number of ether oxygens (including phenoxy) is 1. The van der Waals surface area contributed by atoms with Crippen molar-refractivity contribution in [3.63, 3.8) is 0 Å². The van der Waals surface area contributed by atoms with Gasteiger partial charge in [0.15, 0.2) is 11.6 Å². The van der Waals surface area contributed by atoms with Gasteiger partial charge in [0.2, 0.25) is 0 Å². The zero-order chi connectivity index (χ0) is 25.2. The molecule has 0 spiro atoms. The number of nitrogens with one attached hydrogen (secondary N) is 1. The number of alkyl halides is 3. The van der Waals surface area contributed by atoms with Crippen LogP contribution in [0, 0.1) is 0 Å². The summed E-state index contributed by atoms with van der Waals surface area (Å²) in [6, 6.07) is 5.14. The number of carbonyl (C=O) groups is 2. The second-order valence-corrected chi connectivity index (χ2v) is 8.29. The minimum absolute atomic E-state index is 0.135. The van der Waals surface area contributed by atoms with Crippen molar-refractivity contribution in [1.29, 1.82) is 0 Å². The Morgan fingerprint density at radius 3 is 2.83 bits per heavy atom. The molecule has 2 atom stereocenters. The number of hydrogen-bond acceptors (Lipinski definition) is 8. The molecular weight excluding hydrogens is 471 g/mol. The van der Waals surface area contributed by atoms with E-state index in [1.165, 1.54) is 29.3 Å². The zero-order valence-electron chi connectivity index (χ0n) is 18.5. The lowest BCUT2D eigenvalue weighted by Crippen LogP contribution is -2.48. The van der Waals surface area contributed by atoms with Crippen LogP contribution in [0.25, 0.3) is 0 Å². The van der Waals surface area contributed by atoms with Crippen LogP contribution < -0.4 is 19.9 Å². The number of anilines is 3. The van der Waals surface area contributed by atoms with Gasteiger partial charge in [-0.05, 0) is 24.6 Å². The summed E-state index contributed by atoms with van der Waals surface area (Å²) in [5, 5.41) is 21.0. The van der Waals surface area contributed by atoms with E-state index in [9.17, 15) is 27.9 Å². The smallest absolute Gasteiger partial charge is 0.389 e. The summed E-state index contributed by atoms with van der Waals surface area (Å²) in [5.41, 5.74) is 0.480. The first kappa shape index (κ1) is 24.7. The topological polar surface area (TPSA) is 128 Å². The summed E-state index contributed by atoms with van der Waals surface area (Å²) in [6.45, 7) is 0.605. The number of hydrogen-bond donors (Lipinski definition) is 3. The van der Waals surface area contributed by atoms with Crippen molar-refractivity contribution in [2.45, 2.75) is 37.6 Å². The molecule has 1 fully saturated rings. The molecule has 0 aliphatic carbocycles. The third-order valence-electron chi connectivity index (χ3n) is 5.71. The van der Waals surface area contributed by atoms with E-state index in [0.717, 1.165) is 0 Å². The number of aromatic nitrogens is 2. The normalized spacial score (nSPS) is 17.7. The number of Topliss-reactive ketones (excluding diaryl/α,β-unsaturated/α-hetero) is 1. The molecule has 0 radical (unpaired) electrons. The van der Waals surface area contributed by atoms with Gasteiger partial charge in [0, 0.05) is 31.8 Å². The van der Waals surface area contributed by atoms with Crippen molar-refractivity contribution in [3.05, 3.63) is 36.2 Å². The van der Waals surface area contributed by atoms with Gasteiger partial charge in [-0.3, -0.25) is 15.0 Å². The maximum atomic E-state index is 13.2. The lowest BCUT2D eigenvalue weighted by molar-refractivity contribution is -0.133. The average molecular weight is 495 g/mol. The van der Waals surface area contributed by atoms with Crippen LogP contribution in [-0.2, 0) is 0 Å². The zero-order valence-corrected chi connectivity index (χ0v) is 18.5. The number of carbonyl (C=O) groups excluding carboxylic acids is 2. The van der Waals surface area contributed by atoms with Gasteiger partial charge >= 0.3 is 12.2 Å². The SMILES string of the molecule is O=C(CCC(F)(F)F)c1ccc2c(n1)N(C(=O)Nc1cc(OC[C@H](O)CO)ccn1)[C@H]1CCN2C1. The molecule has 4 rings (SSSR count). The molecule has 2 aromatic rings. The number of nitrogens with zero attached hydrogens (tertiary/aromatic N) is 4. The molecule has 0 unspecified atom stereocenters. The molecule has 2 aliphatic heterocycles. The first-order valence-corrected chi connectivity index (χ1v) is 11.0. The molecular formula is C22H24F3N5O5. The minimum atomic E-state index is -4.46. The Labute approximate surface area is 198 Å². The maximum Gasteiger partial charge on any atom is 0.389 e. The Bertz CT molecular complexity index is 1100. The van der Waals surface area contributed by atoms with Crippen LogP contribution in [0.4, 0.5) is 35.3 Å². The van der Waals surface area contributed by atoms with Gasteiger partial charge in [0.25, 0.3) is 0 Å². The lowest BCUT2D eigenvalue weighted by atomic mass is 10.1. The van der Waals surface area contributed by atoms with E-state index in [-0.39, 0.29) is 30.0 Å². The van der Waals surface area contributed by atoms with E-state index in [0.29, 0.717) is 30.9 Å². The third kappa shape index (κ3) is 5.80. The van der Waals surface area contributed by atoms with Gasteiger partial charge < -0.3 is 19.8 Å². The van der Waals surface area contributed by atoms with Crippen LogP contribution in [0.1, 0.15) is 29.8 Å². The van der Waals surface area contributed by atoms with Crippen LogP contribution >= 0.6 is 0 Å². The summed E-state index contributed by atoms with van der Waals surface area (Å²) in [6.07, 6.45) is -5.44. The highest BCUT2D eigenvalue weighted by molar-refractivity contribution is 6.05. The van der Waals surface area contributed by atoms with Crippen LogP contribution in [0.3, 0.4) is 0 Å². The second kappa shape index (κ2) is 10.0. The largest absolute Gasteiger partial charge is 0.491 e. The summed E-state index contributed by atoms with van der Waals surface area (Å²) in [4.78, 5) is 37.4. The Kier molecular flexibility index (Phi) is 7.08. The molecule has 188 valence electrons. The number of fused-ring (bicyclic) bond motifs is 4. The molecule has 10 nitrogen and oxygen atoms in total. The predicted molar refractivity (Wildman–Crippen MR) is 119 cm³/mol. The van der Waals surface area contributed by atoms with Crippen molar-refractivity contribution >= 4 is 29.1 Å². The molecule has 2 bridgehead atoms. The van der Waals surface area contributed by atoms with E-state index in [1.54, 1.807) is 6.07 Å². The van der Waals surface area contributed by atoms with Gasteiger partial charge in [-0.25, -0.2) is 14.8 Å². The lowest BCUT2D eigenvalue weighted by Gasteiger charge is -2.35. The minimum Gasteiger partial charge on any atom is -0.491 e. The van der Waals surface area contributed by atoms with Crippen molar-refractivity contribution in [3.8, 4) is 5.75 Å². The van der Waals surface area contributed by atoms with Crippen molar-refractivity contribution in [1.82, 2.24) is 9.97 Å². The molecule has 2 aliphatic rings. The van der Waals surface area contributed by atoms with Crippen LogP contribution in [-0.4, -0.2) is 76.6 Å². The fraction of sp³-hybridized carbons (Fsp3) is 0.455. The van der Waals surface area contributed by atoms with Crippen LogP contribution in [0.2, 0.25) is 0 Å². The van der Waals surface area contributed by atoms with E-state index in [4.69, 9.17) is 9.84 Å². The summed E-state index contributed by atoms with van der Waals surface area (Å²) in [5.74, 6) is -0.0856. The number of amides is 2. The molecule has 13 heteroatoms. The summed E-state index contributed by atoms with van der Waals surface area (Å²) < 4.78 is 43.0. The van der Waals surface area contributed by atoms with Crippen LogP contribution in [0.15, 0.2) is 30.5 Å². The van der Waals surface area contributed by atoms with Crippen molar-refractivity contribution in [2.75, 3.05) is 41.4 Å². The molecule has 2 amide bonds. The fourth-order valence-corrected chi connectivity index (χ4v) is 3.99. The fourth-order valence-electron chi connectivity index (χ4n) is 3.99. The number of urea groups is 1. The highest BCUT2D eigenvalue weighted by atomic mass is 19.4. The van der Waals surface area contributed by atoms with Gasteiger partial charge in [-0.15, -0.1) is 0 Å². The molecule has 35 heavy (non-hydrogen) atoms. The highest BCUT2D eigenvalue weighted by Crippen LogP contribution is 2.39. The average Bonchev–Trinajstić information content (AvgIpc) is 3.24. The summed E-state index contributed by atoms with van der Waals surface area (Å²) >= 11 is 0. The molecule has 0 saturated carbocycles. The van der Waals surface area contributed by atoms with Crippen molar-refractivity contribution < 1.29 is 37.7 Å². The van der Waals surface area contributed by atoms with Gasteiger partial charge in [-0.1, -0.05) is 0 Å². The predicted octanol–water partition coefficient (Wildman–Crippen LogP) is 2.36. The standard InChI is InChI=1S/C22H24F3N5O5/c23-22(24,25)6-3-18(33)16-1-2-17-20(27-16)30(13-5-8-29(17)10-13)21(34)28-19-9-15(4-7-26-19)35-12-14(32)11-31/h1-2,4,7,9,13-14,31-32H,3,5-6,8,10-12H2,(H,26,28,34)/t13-,14+/m0/s1.